The summed E-state index contributed by atoms with van der Waals surface area (Å²) in [5, 5.41) is 11.3. The number of alkyl carbamates (subject to hydrolysis) is 1. The van der Waals surface area contributed by atoms with Crippen LogP contribution in [0.25, 0.3) is 0 Å². The molecule has 18 heavy (non-hydrogen) atoms. The summed E-state index contributed by atoms with van der Waals surface area (Å²) >= 11 is 0. The molecule has 0 bridgehead atoms. The molecule has 0 aromatic heterocycles. The van der Waals surface area contributed by atoms with Crippen LogP contribution < -0.4 is 5.32 Å². The van der Waals surface area contributed by atoms with Crippen LogP contribution in [0.3, 0.4) is 0 Å². The molecule has 0 atom stereocenters. The number of carboxylic acids is 1. The molecule has 6 nitrogen and oxygen atoms in total. The summed E-state index contributed by atoms with van der Waals surface area (Å²) in [5.74, 6) is -1.77. The van der Waals surface area contributed by atoms with Crippen LogP contribution in [0.4, 0.5) is 4.79 Å². The first kappa shape index (κ1) is 14.5. The molecule has 2 N–H and O–H groups in total. The fraction of sp³-hybridized carbons (Fsp3) is 0.750. The first-order valence-corrected chi connectivity index (χ1v) is 5.81. The third kappa shape index (κ3) is 3.21. The predicted octanol–water partition coefficient (Wildman–Crippen LogP) is 1.33. The zero-order valence-electron chi connectivity index (χ0n) is 11.1. The van der Waals surface area contributed by atoms with Crippen molar-refractivity contribution in [2.24, 2.45) is 5.92 Å². The van der Waals surface area contributed by atoms with Crippen LogP contribution >= 0.6 is 0 Å². The minimum atomic E-state index is -1.08. The molecule has 0 unspecified atom stereocenters. The molecule has 1 rings (SSSR count). The summed E-state index contributed by atoms with van der Waals surface area (Å²) in [4.78, 5) is 33.9. The fourth-order valence-electron chi connectivity index (χ4n) is 1.93. The average molecular weight is 257 g/mol. The van der Waals surface area contributed by atoms with E-state index in [-0.39, 0.29) is 18.6 Å². The summed E-state index contributed by atoms with van der Waals surface area (Å²) in [6, 6.07) is 0. The maximum Gasteiger partial charge on any atom is 0.408 e. The Hall–Kier alpha value is -1.59. The number of carbonyl (C=O) groups excluding carboxylic acids is 2. The normalized spacial score (nSPS) is 27.0. The van der Waals surface area contributed by atoms with Gasteiger partial charge in [-0.1, -0.05) is 0 Å². The quantitative estimate of drug-likeness (QED) is 0.795. The average Bonchev–Trinajstić information content (AvgIpc) is 2.05. The van der Waals surface area contributed by atoms with Crippen molar-refractivity contribution in [3.8, 4) is 0 Å². The van der Waals surface area contributed by atoms with E-state index in [1.807, 2.05) is 0 Å². The van der Waals surface area contributed by atoms with Gasteiger partial charge in [-0.2, -0.15) is 0 Å². The number of ether oxygens (including phenoxy) is 1. The monoisotopic (exact) mass is 257 g/mol. The summed E-state index contributed by atoms with van der Waals surface area (Å²) in [6.45, 7) is 6.49. The zero-order chi connectivity index (χ0) is 14.1. The zero-order valence-corrected chi connectivity index (χ0v) is 11.1. The van der Waals surface area contributed by atoms with E-state index in [1.165, 1.54) is 6.92 Å². The van der Waals surface area contributed by atoms with Gasteiger partial charge in [-0.3, -0.25) is 9.59 Å². The summed E-state index contributed by atoms with van der Waals surface area (Å²) in [6.07, 6.45) is -0.449. The molecule has 0 aromatic rings. The first-order chi connectivity index (χ1) is 8.06. The number of Topliss-reactive ketones (excluding diaryl/α,β-unsaturated/α-hetero) is 1. The smallest absolute Gasteiger partial charge is 0.408 e. The number of hydrogen-bond donors (Lipinski definition) is 2. The van der Waals surface area contributed by atoms with Crippen molar-refractivity contribution in [2.75, 3.05) is 0 Å². The Labute approximate surface area is 106 Å². The Bertz CT molecular complexity index is 376. The molecule has 1 aliphatic rings. The maximum atomic E-state index is 11.6. The molecule has 1 amide bonds. The Morgan fingerprint density at radius 2 is 1.78 bits per heavy atom. The number of carbonyl (C=O) groups is 3. The van der Waals surface area contributed by atoms with E-state index in [2.05, 4.69) is 5.32 Å². The SMILES string of the molecule is CC(=O)C1(NC(=O)OC(C)(C)C)CC(C(=O)O)C1. The highest BCUT2D eigenvalue weighted by Crippen LogP contribution is 2.39. The van der Waals surface area contributed by atoms with E-state index >= 15 is 0 Å². The van der Waals surface area contributed by atoms with Gasteiger partial charge in [-0.15, -0.1) is 0 Å². The lowest BCUT2D eigenvalue weighted by molar-refractivity contribution is -0.150. The van der Waals surface area contributed by atoms with E-state index in [9.17, 15) is 14.4 Å². The van der Waals surface area contributed by atoms with Gasteiger partial charge in [0.05, 0.1) is 5.92 Å². The number of ketones is 1. The third-order valence-corrected chi connectivity index (χ3v) is 2.95. The topological polar surface area (TPSA) is 92.7 Å². The van der Waals surface area contributed by atoms with Gasteiger partial charge in [0, 0.05) is 0 Å². The number of nitrogens with one attached hydrogen (secondary N) is 1. The van der Waals surface area contributed by atoms with E-state index < -0.39 is 29.1 Å². The largest absolute Gasteiger partial charge is 0.481 e. The van der Waals surface area contributed by atoms with Crippen molar-refractivity contribution in [1.29, 1.82) is 0 Å². The minimum absolute atomic E-state index is 0.122. The Balaban J connectivity index is 2.65. The highest BCUT2D eigenvalue weighted by molar-refractivity contribution is 5.93. The van der Waals surface area contributed by atoms with Gasteiger partial charge < -0.3 is 15.2 Å². The molecule has 102 valence electrons. The molecule has 0 aliphatic heterocycles. The van der Waals surface area contributed by atoms with Gasteiger partial charge in [-0.05, 0) is 40.5 Å². The van der Waals surface area contributed by atoms with Gasteiger partial charge in [0.15, 0.2) is 5.78 Å². The highest BCUT2D eigenvalue weighted by atomic mass is 16.6. The van der Waals surface area contributed by atoms with Gasteiger partial charge in [0.25, 0.3) is 0 Å². The van der Waals surface area contributed by atoms with Crippen LogP contribution in [0.5, 0.6) is 0 Å². The maximum absolute atomic E-state index is 11.6. The van der Waals surface area contributed by atoms with Crippen molar-refractivity contribution in [2.45, 2.75) is 51.7 Å². The second-order valence-corrected chi connectivity index (χ2v) is 5.71. The molecule has 1 saturated carbocycles. The standard InChI is InChI=1S/C12H19NO5/c1-7(14)12(5-8(6-12)9(15)16)13-10(17)18-11(2,3)4/h8H,5-6H2,1-4H3,(H,13,17)(H,15,16). The number of amides is 1. The van der Waals surface area contributed by atoms with E-state index in [1.54, 1.807) is 20.8 Å². The van der Waals surface area contributed by atoms with Crippen molar-refractivity contribution >= 4 is 17.8 Å². The molecule has 0 aromatic carbocycles. The van der Waals surface area contributed by atoms with Gasteiger partial charge in [0.1, 0.15) is 11.1 Å². The predicted molar refractivity (Wildman–Crippen MR) is 63.1 cm³/mol. The molecular weight excluding hydrogens is 238 g/mol. The second-order valence-electron chi connectivity index (χ2n) is 5.71. The summed E-state index contributed by atoms with van der Waals surface area (Å²) < 4.78 is 5.07. The summed E-state index contributed by atoms with van der Waals surface area (Å²) in [5.41, 5.74) is -1.73. The second kappa shape index (κ2) is 4.59. The number of aliphatic carboxylic acids is 1. The van der Waals surface area contributed by atoms with Crippen LogP contribution in [0.1, 0.15) is 40.5 Å². The lowest BCUT2D eigenvalue weighted by Gasteiger charge is -2.44. The van der Waals surface area contributed by atoms with Gasteiger partial charge in [0.2, 0.25) is 0 Å². The van der Waals surface area contributed by atoms with E-state index in [4.69, 9.17) is 9.84 Å². The van der Waals surface area contributed by atoms with Crippen LogP contribution in [-0.4, -0.2) is 34.1 Å². The van der Waals surface area contributed by atoms with E-state index in [0.29, 0.717) is 0 Å². The number of rotatable bonds is 3. The number of carboxylic acid groups (broad SMARTS) is 1. The molecule has 0 radical (unpaired) electrons. The molecule has 1 aliphatic carbocycles. The van der Waals surface area contributed by atoms with E-state index in [0.717, 1.165) is 0 Å². The molecule has 0 saturated heterocycles. The van der Waals surface area contributed by atoms with Crippen molar-refractivity contribution < 1.29 is 24.2 Å². The van der Waals surface area contributed by atoms with Crippen LogP contribution in [0.15, 0.2) is 0 Å². The first-order valence-electron chi connectivity index (χ1n) is 5.81. The van der Waals surface area contributed by atoms with Crippen molar-refractivity contribution in [3.05, 3.63) is 0 Å². The van der Waals surface area contributed by atoms with Crippen LogP contribution in [0, 0.1) is 5.92 Å². The Morgan fingerprint density at radius 1 is 1.28 bits per heavy atom. The fourth-order valence-corrected chi connectivity index (χ4v) is 1.93. The van der Waals surface area contributed by atoms with Crippen LogP contribution in [-0.2, 0) is 14.3 Å². The molecule has 1 fully saturated rings. The third-order valence-electron chi connectivity index (χ3n) is 2.95. The molecule has 0 heterocycles. The molecular formula is C12H19NO5. The van der Waals surface area contributed by atoms with Crippen molar-refractivity contribution in [1.82, 2.24) is 5.32 Å². The lowest BCUT2D eigenvalue weighted by Crippen LogP contribution is -2.63. The number of hydrogen-bond acceptors (Lipinski definition) is 4. The highest BCUT2D eigenvalue weighted by Gasteiger charge is 2.52. The van der Waals surface area contributed by atoms with Crippen LogP contribution in [0.2, 0.25) is 0 Å². The van der Waals surface area contributed by atoms with Gasteiger partial charge in [-0.25, -0.2) is 4.79 Å². The Kier molecular flexibility index (Phi) is 3.69. The lowest BCUT2D eigenvalue weighted by atomic mass is 9.66. The molecule has 0 spiro atoms. The van der Waals surface area contributed by atoms with Crippen molar-refractivity contribution in [3.63, 3.8) is 0 Å². The summed E-state index contributed by atoms with van der Waals surface area (Å²) in [7, 11) is 0. The van der Waals surface area contributed by atoms with Gasteiger partial charge >= 0.3 is 12.1 Å². The minimum Gasteiger partial charge on any atom is -0.481 e. The Morgan fingerprint density at radius 3 is 2.11 bits per heavy atom. The molecule has 6 heteroatoms.